The zero-order valence-corrected chi connectivity index (χ0v) is 13.9. The lowest BCUT2D eigenvalue weighted by Gasteiger charge is -2.35. The highest BCUT2D eigenvalue weighted by molar-refractivity contribution is 5.37. The lowest BCUT2D eigenvalue weighted by Crippen LogP contribution is -2.38. The van der Waals surface area contributed by atoms with Crippen molar-refractivity contribution in [2.45, 2.75) is 77.2 Å². The fraction of sp³-hybridized carbons (Fsp3) is 0.684. The largest absolute Gasteiger partial charge is 0.312 e. The molecule has 1 nitrogen and oxygen atoms in total. The lowest BCUT2D eigenvalue weighted by molar-refractivity contribution is 0.369. The predicted molar refractivity (Wildman–Crippen MR) is 88.4 cm³/mol. The van der Waals surface area contributed by atoms with Gasteiger partial charge >= 0.3 is 0 Å². The Hall–Kier alpha value is -0.820. The van der Waals surface area contributed by atoms with Gasteiger partial charge in [0, 0.05) is 5.54 Å². The maximum atomic E-state index is 3.62. The monoisotopic (exact) mass is 273 g/mol. The molecule has 0 radical (unpaired) electrons. The standard InChI is InChI=1S/C19H31N/c1-18(2,3)20-14-13-19(4,5)17-12-7-6-11-16(17)15-9-8-10-15/h6-7,11-12,15,20H,8-10,13-14H2,1-5H3. The van der Waals surface area contributed by atoms with Crippen LogP contribution in [0, 0.1) is 0 Å². The Kier molecular flexibility index (Phi) is 4.59. The van der Waals surface area contributed by atoms with Crippen LogP contribution in [0.1, 0.15) is 77.3 Å². The molecule has 2 rings (SSSR count). The van der Waals surface area contributed by atoms with Gasteiger partial charge in [0.05, 0.1) is 0 Å². The highest BCUT2D eigenvalue weighted by Gasteiger charge is 2.29. The van der Waals surface area contributed by atoms with Crippen LogP contribution in [0.4, 0.5) is 0 Å². The number of nitrogens with one attached hydrogen (secondary N) is 1. The van der Waals surface area contributed by atoms with Crippen molar-refractivity contribution in [1.29, 1.82) is 0 Å². The van der Waals surface area contributed by atoms with E-state index >= 15 is 0 Å². The number of rotatable bonds is 5. The molecule has 0 spiro atoms. The molecule has 0 aromatic heterocycles. The van der Waals surface area contributed by atoms with Crippen LogP contribution in [0.5, 0.6) is 0 Å². The van der Waals surface area contributed by atoms with Gasteiger partial charge in [-0.2, -0.15) is 0 Å². The summed E-state index contributed by atoms with van der Waals surface area (Å²) in [6.07, 6.45) is 5.36. The van der Waals surface area contributed by atoms with Gasteiger partial charge in [-0.05, 0) is 69.0 Å². The van der Waals surface area contributed by atoms with Crippen LogP contribution < -0.4 is 5.32 Å². The molecular weight excluding hydrogens is 242 g/mol. The molecule has 1 aliphatic rings. The lowest BCUT2D eigenvalue weighted by atomic mass is 9.71. The average molecular weight is 273 g/mol. The van der Waals surface area contributed by atoms with Gasteiger partial charge < -0.3 is 5.32 Å². The van der Waals surface area contributed by atoms with Crippen molar-refractivity contribution < 1.29 is 0 Å². The van der Waals surface area contributed by atoms with E-state index in [4.69, 9.17) is 0 Å². The molecule has 0 bridgehead atoms. The summed E-state index contributed by atoms with van der Waals surface area (Å²) in [5, 5.41) is 3.62. The number of hydrogen-bond acceptors (Lipinski definition) is 1. The van der Waals surface area contributed by atoms with E-state index in [9.17, 15) is 0 Å². The minimum atomic E-state index is 0.212. The first-order valence-corrected chi connectivity index (χ1v) is 8.14. The first-order chi connectivity index (χ1) is 9.30. The molecule has 1 saturated carbocycles. The summed E-state index contributed by atoms with van der Waals surface area (Å²) < 4.78 is 0. The van der Waals surface area contributed by atoms with E-state index in [2.05, 4.69) is 64.2 Å². The Labute approximate surface area is 125 Å². The molecule has 1 N–H and O–H groups in total. The second-order valence-electron chi connectivity index (χ2n) is 8.03. The van der Waals surface area contributed by atoms with E-state index < -0.39 is 0 Å². The van der Waals surface area contributed by atoms with Crippen LogP contribution in [0.3, 0.4) is 0 Å². The molecule has 0 saturated heterocycles. The third-order valence-electron chi connectivity index (χ3n) is 4.64. The summed E-state index contributed by atoms with van der Waals surface area (Å²) in [5.74, 6) is 0.820. The number of benzene rings is 1. The van der Waals surface area contributed by atoms with Crippen molar-refractivity contribution in [1.82, 2.24) is 5.32 Å². The summed E-state index contributed by atoms with van der Waals surface area (Å²) in [7, 11) is 0. The quantitative estimate of drug-likeness (QED) is 0.795. The molecule has 112 valence electrons. The normalized spacial score (nSPS) is 17.1. The minimum absolute atomic E-state index is 0.212. The van der Waals surface area contributed by atoms with E-state index in [1.165, 1.54) is 25.7 Å². The Morgan fingerprint density at radius 2 is 1.70 bits per heavy atom. The first kappa shape index (κ1) is 15.6. The Morgan fingerprint density at radius 1 is 1.05 bits per heavy atom. The predicted octanol–water partition coefficient (Wildman–Crippen LogP) is 5.01. The molecule has 1 aromatic carbocycles. The molecule has 1 aromatic rings. The van der Waals surface area contributed by atoms with Crippen LogP contribution in [-0.2, 0) is 5.41 Å². The summed E-state index contributed by atoms with van der Waals surface area (Å²) in [6.45, 7) is 12.6. The highest BCUT2D eigenvalue weighted by atomic mass is 14.9. The van der Waals surface area contributed by atoms with E-state index in [1.54, 1.807) is 11.1 Å². The SMILES string of the molecule is CC(C)(C)NCCC(C)(C)c1ccccc1C1CCC1. The van der Waals surface area contributed by atoms with E-state index in [1.807, 2.05) is 0 Å². The molecule has 0 heterocycles. The highest BCUT2D eigenvalue weighted by Crippen LogP contribution is 2.42. The Morgan fingerprint density at radius 3 is 2.25 bits per heavy atom. The first-order valence-electron chi connectivity index (χ1n) is 8.14. The summed E-state index contributed by atoms with van der Waals surface area (Å²) >= 11 is 0. The van der Waals surface area contributed by atoms with Crippen molar-refractivity contribution in [3.8, 4) is 0 Å². The summed E-state index contributed by atoms with van der Waals surface area (Å²) in [6, 6.07) is 9.12. The van der Waals surface area contributed by atoms with Crippen molar-refractivity contribution in [3.05, 3.63) is 35.4 Å². The van der Waals surface area contributed by atoms with Crippen molar-refractivity contribution in [3.63, 3.8) is 0 Å². The average Bonchev–Trinajstić information content (AvgIpc) is 2.25. The third-order valence-corrected chi connectivity index (χ3v) is 4.64. The van der Waals surface area contributed by atoms with Crippen LogP contribution in [0.15, 0.2) is 24.3 Å². The molecule has 0 atom stereocenters. The van der Waals surface area contributed by atoms with Gasteiger partial charge in [0.25, 0.3) is 0 Å². The van der Waals surface area contributed by atoms with Gasteiger partial charge in [-0.3, -0.25) is 0 Å². The Bertz CT molecular complexity index is 435. The van der Waals surface area contributed by atoms with Crippen LogP contribution >= 0.6 is 0 Å². The van der Waals surface area contributed by atoms with Crippen LogP contribution in [0.25, 0.3) is 0 Å². The summed E-state index contributed by atoms with van der Waals surface area (Å²) in [4.78, 5) is 0. The van der Waals surface area contributed by atoms with Crippen molar-refractivity contribution in [2.75, 3.05) is 6.54 Å². The van der Waals surface area contributed by atoms with Crippen LogP contribution in [0.2, 0.25) is 0 Å². The van der Waals surface area contributed by atoms with Gasteiger partial charge in [0.1, 0.15) is 0 Å². The second-order valence-corrected chi connectivity index (χ2v) is 8.03. The zero-order valence-electron chi connectivity index (χ0n) is 13.9. The van der Waals surface area contributed by atoms with Crippen LogP contribution in [-0.4, -0.2) is 12.1 Å². The molecule has 1 fully saturated rings. The molecule has 20 heavy (non-hydrogen) atoms. The van der Waals surface area contributed by atoms with E-state index in [0.29, 0.717) is 0 Å². The topological polar surface area (TPSA) is 12.0 Å². The molecule has 0 aliphatic heterocycles. The van der Waals surface area contributed by atoms with Gasteiger partial charge in [-0.25, -0.2) is 0 Å². The number of hydrogen-bond donors (Lipinski definition) is 1. The molecular formula is C19H31N. The minimum Gasteiger partial charge on any atom is -0.312 e. The summed E-state index contributed by atoms with van der Waals surface area (Å²) in [5.41, 5.74) is 3.65. The maximum absolute atomic E-state index is 3.62. The molecule has 0 amide bonds. The van der Waals surface area contributed by atoms with E-state index in [-0.39, 0.29) is 11.0 Å². The van der Waals surface area contributed by atoms with Crippen molar-refractivity contribution >= 4 is 0 Å². The van der Waals surface area contributed by atoms with Gasteiger partial charge in [-0.1, -0.05) is 44.5 Å². The van der Waals surface area contributed by atoms with Crippen molar-refractivity contribution in [2.24, 2.45) is 0 Å². The zero-order chi connectivity index (χ0) is 14.8. The molecule has 1 aliphatic carbocycles. The van der Waals surface area contributed by atoms with Gasteiger partial charge in [0.2, 0.25) is 0 Å². The maximum Gasteiger partial charge on any atom is 0.00965 e. The van der Waals surface area contributed by atoms with Gasteiger partial charge in [0.15, 0.2) is 0 Å². The van der Waals surface area contributed by atoms with E-state index in [0.717, 1.165) is 12.5 Å². The fourth-order valence-corrected chi connectivity index (χ4v) is 3.07. The molecule has 0 unspecified atom stereocenters. The molecule has 1 heteroatoms. The smallest absolute Gasteiger partial charge is 0.00965 e. The second kappa shape index (κ2) is 5.89. The fourth-order valence-electron chi connectivity index (χ4n) is 3.07. The van der Waals surface area contributed by atoms with Gasteiger partial charge in [-0.15, -0.1) is 0 Å². The Balaban J connectivity index is 2.08. The third kappa shape index (κ3) is 3.85.